The van der Waals surface area contributed by atoms with Crippen LogP contribution < -0.4 is 5.73 Å². The van der Waals surface area contributed by atoms with Gasteiger partial charge in [-0.2, -0.15) is 0 Å². The molecule has 0 aromatic heterocycles. The van der Waals surface area contributed by atoms with E-state index < -0.39 is 0 Å². The van der Waals surface area contributed by atoms with Crippen LogP contribution in [-0.2, 0) is 16.1 Å². The molecule has 1 aromatic rings. The van der Waals surface area contributed by atoms with Gasteiger partial charge in [-0.05, 0) is 37.0 Å². The second-order valence-electron chi connectivity index (χ2n) is 4.86. The first-order chi connectivity index (χ1) is 8.65. The van der Waals surface area contributed by atoms with Crippen molar-refractivity contribution < 1.29 is 9.53 Å². The molecule has 3 nitrogen and oxygen atoms in total. The van der Waals surface area contributed by atoms with Crippen molar-refractivity contribution in [3.8, 4) is 0 Å². The van der Waals surface area contributed by atoms with Crippen LogP contribution in [0, 0.1) is 5.92 Å². The summed E-state index contributed by atoms with van der Waals surface area (Å²) in [5.74, 6) is -0.168. The zero-order chi connectivity index (χ0) is 13.0. The molecule has 1 aliphatic carbocycles. The van der Waals surface area contributed by atoms with Gasteiger partial charge in [-0.25, -0.2) is 0 Å². The lowest BCUT2D eigenvalue weighted by atomic mass is 9.86. The summed E-state index contributed by atoms with van der Waals surface area (Å²) in [5.41, 5.74) is 6.78. The van der Waals surface area contributed by atoms with Gasteiger partial charge in [0.25, 0.3) is 0 Å². The van der Waals surface area contributed by atoms with Crippen LogP contribution in [-0.4, -0.2) is 12.0 Å². The quantitative estimate of drug-likeness (QED) is 0.857. The largest absolute Gasteiger partial charge is 0.461 e. The first-order valence-electron chi connectivity index (χ1n) is 6.32. The molecular formula is C14H18ClNO2. The third kappa shape index (κ3) is 3.72. The maximum Gasteiger partial charge on any atom is 0.309 e. The first kappa shape index (κ1) is 13.4. The Balaban J connectivity index is 1.84. The van der Waals surface area contributed by atoms with E-state index in [0.717, 1.165) is 31.2 Å². The summed E-state index contributed by atoms with van der Waals surface area (Å²) in [4.78, 5) is 11.9. The summed E-state index contributed by atoms with van der Waals surface area (Å²) in [7, 11) is 0. The highest BCUT2D eigenvalue weighted by Gasteiger charge is 2.26. The standard InChI is InChI=1S/C14H18ClNO2/c15-12-5-1-3-10(7-12)9-18-14(17)11-4-2-6-13(16)8-11/h1,3,5,7,11,13H,2,4,6,8-9,16H2. The third-order valence-electron chi connectivity index (χ3n) is 3.32. The molecule has 18 heavy (non-hydrogen) atoms. The van der Waals surface area contributed by atoms with Gasteiger partial charge in [-0.15, -0.1) is 0 Å². The molecule has 1 aliphatic rings. The molecule has 0 radical (unpaired) electrons. The summed E-state index contributed by atoms with van der Waals surface area (Å²) in [6.45, 7) is 0.283. The molecule has 2 N–H and O–H groups in total. The number of hydrogen-bond acceptors (Lipinski definition) is 3. The van der Waals surface area contributed by atoms with Crippen LogP contribution in [0.4, 0.5) is 0 Å². The first-order valence-corrected chi connectivity index (χ1v) is 6.69. The Bertz CT molecular complexity index is 422. The summed E-state index contributed by atoms with van der Waals surface area (Å²) in [6, 6.07) is 7.49. The number of carbonyl (C=O) groups is 1. The number of rotatable bonds is 3. The van der Waals surface area contributed by atoms with Crippen molar-refractivity contribution in [2.45, 2.75) is 38.3 Å². The predicted octanol–water partition coefficient (Wildman–Crippen LogP) is 2.90. The zero-order valence-corrected chi connectivity index (χ0v) is 11.0. The van der Waals surface area contributed by atoms with E-state index >= 15 is 0 Å². The van der Waals surface area contributed by atoms with Crippen molar-refractivity contribution in [1.82, 2.24) is 0 Å². The second-order valence-corrected chi connectivity index (χ2v) is 5.30. The Labute approximate surface area is 112 Å². The molecule has 0 aliphatic heterocycles. The summed E-state index contributed by atoms with van der Waals surface area (Å²) < 4.78 is 5.32. The number of ether oxygens (including phenoxy) is 1. The molecule has 0 saturated heterocycles. The van der Waals surface area contributed by atoms with Gasteiger partial charge in [-0.3, -0.25) is 4.79 Å². The number of esters is 1. The lowest BCUT2D eigenvalue weighted by Gasteiger charge is -2.24. The molecule has 1 aromatic carbocycles. The molecule has 98 valence electrons. The lowest BCUT2D eigenvalue weighted by Crippen LogP contribution is -2.32. The highest BCUT2D eigenvalue weighted by atomic mass is 35.5. The Kier molecular flexibility index (Phi) is 4.61. The van der Waals surface area contributed by atoms with Crippen LogP contribution >= 0.6 is 11.6 Å². The second kappa shape index (κ2) is 6.21. The molecule has 1 fully saturated rings. The Morgan fingerprint density at radius 3 is 3.00 bits per heavy atom. The number of hydrogen-bond donors (Lipinski definition) is 1. The molecule has 2 rings (SSSR count). The smallest absolute Gasteiger partial charge is 0.309 e. The van der Waals surface area contributed by atoms with E-state index in [9.17, 15) is 4.79 Å². The molecule has 2 unspecified atom stereocenters. The van der Waals surface area contributed by atoms with Crippen LogP contribution in [0.25, 0.3) is 0 Å². The topological polar surface area (TPSA) is 52.3 Å². The average Bonchev–Trinajstić information content (AvgIpc) is 2.36. The maximum absolute atomic E-state index is 11.9. The van der Waals surface area contributed by atoms with Gasteiger partial charge >= 0.3 is 5.97 Å². The fraction of sp³-hybridized carbons (Fsp3) is 0.500. The molecular weight excluding hydrogens is 250 g/mol. The Hall–Kier alpha value is -1.06. The zero-order valence-electron chi connectivity index (χ0n) is 10.3. The van der Waals surface area contributed by atoms with E-state index in [0.29, 0.717) is 5.02 Å². The fourth-order valence-electron chi connectivity index (χ4n) is 2.34. The lowest BCUT2D eigenvalue weighted by molar-refractivity contribution is -0.151. The van der Waals surface area contributed by atoms with Gasteiger partial charge in [0, 0.05) is 11.1 Å². The predicted molar refractivity (Wildman–Crippen MR) is 71.2 cm³/mol. The van der Waals surface area contributed by atoms with Gasteiger partial charge in [0.15, 0.2) is 0 Å². The van der Waals surface area contributed by atoms with E-state index in [1.54, 1.807) is 12.1 Å². The van der Waals surface area contributed by atoms with Crippen molar-refractivity contribution >= 4 is 17.6 Å². The van der Waals surface area contributed by atoms with Gasteiger partial charge in [0.05, 0.1) is 5.92 Å². The maximum atomic E-state index is 11.9. The van der Waals surface area contributed by atoms with E-state index in [4.69, 9.17) is 22.1 Å². The number of nitrogens with two attached hydrogens (primary N) is 1. The summed E-state index contributed by atoms with van der Waals surface area (Å²) in [6.07, 6.45) is 3.66. The normalized spacial score (nSPS) is 23.7. The molecule has 4 heteroatoms. The number of carbonyl (C=O) groups excluding carboxylic acids is 1. The Morgan fingerprint density at radius 2 is 2.28 bits per heavy atom. The molecule has 1 saturated carbocycles. The number of benzene rings is 1. The monoisotopic (exact) mass is 267 g/mol. The van der Waals surface area contributed by atoms with E-state index in [1.807, 2.05) is 12.1 Å². The van der Waals surface area contributed by atoms with Crippen LogP contribution in [0.1, 0.15) is 31.2 Å². The van der Waals surface area contributed by atoms with Crippen molar-refractivity contribution in [3.05, 3.63) is 34.9 Å². The van der Waals surface area contributed by atoms with Crippen LogP contribution in [0.15, 0.2) is 24.3 Å². The highest BCUT2D eigenvalue weighted by molar-refractivity contribution is 6.30. The Morgan fingerprint density at radius 1 is 1.44 bits per heavy atom. The highest BCUT2D eigenvalue weighted by Crippen LogP contribution is 2.24. The van der Waals surface area contributed by atoms with Gasteiger partial charge < -0.3 is 10.5 Å². The molecule has 0 heterocycles. The fourth-order valence-corrected chi connectivity index (χ4v) is 2.55. The van der Waals surface area contributed by atoms with Gasteiger partial charge in [0.2, 0.25) is 0 Å². The van der Waals surface area contributed by atoms with Crippen LogP contribution in [0.2, 0.25) is 5.02 Å². The van der Waals surface area contributed by atoms with E-state index in [2.05, 4.69) is 0 Å². The van der Waals surface area contributed by atoms with E-state index in [1.165, 1.54) is 0 Å². The minimum Gasteiger partial charge on any atom is -0.461 e. The number of halogens is 1. The third-order valence-corrected chi connectivity index (χ3v) is 3.55. The van der Waals surface area contributed by atoms with Gasteiger partial charge in [-0.1, -0.05) is 30.2 Å². The van der Waals surface area contributed by atoms with Crippen molar-refractivity contribution in [1.29, 1.82) is 0 Å². The average molecular weight is 268 g/mol. The SMILES string of the molecule is NC1CCCC(C(=O)OCc2cccc(Cl)c2)C1. The minimum atomic E-state index is -0.134. The van der Waals surface area contributed by atoms with Crippen LogP contribution in [0.3, 0.4) is 0 Å². The molecule has 0 bridgehead atoms. The van der Waals surface area contributed by atoms with E-state index in [-0.39, 0.29) is 24.5 Å². The molecule has 2 atom stereocenters. The minimum absolute atomic E-state index is 0.0343. The van der Waals surface area contributed by atoms with Crippen molar-refractivity contribution in [2.24, 2.45) is 11.7 Å². The summed E-state index contributed by atoms with van der Waals surface area (Å²) >= 11 is 5.87. The van der Waals surface area contributed by atoms with Crippen molar-refractivity contribution in [2.75, 3.05) is 0 Å². The molecule has 0 spiro atoms. The van der Waals surface area contributed by atoms with Crippen LogP contribution in [0.5, 0.6) is 0 Å². The summed E-state index contributed by atoms with van der Waals surface area (Å²) in [5, 5.41) is 0.656. The van der Waals surface area contributed by atoms with Gasteiger partial charge in [0.1, 0.15) is 6.61 Å². The molecule has 0 amide bonds. The van der Waals surface area contributed by atoms with Crippen molar-refractivity contribution in [3.63, 3.8) is 0 Å².